The Kier molecular flexibility index (Phi) is 6.78. The fourth-order valence-corrected chi connectivity index (χ4v) is 6.07. The van der Waals surface area contributed by atoms with E-state index in [0.717, 1.165) is 30.4 Å². The molecule has 0 aliphatic heterocycles. The molecule has 4 rings (SSSR count). The van der Waals surface area contributed by atoms with Crippen LogP contribution >= 0.6 is 0 Å². The van der Waals surface area contributed by atoms with Crippen LogP contribution in [0.2, 0.25) is 0 Å². The lowest BCUT2D eigenvalue weighted by atomic mass is 9.72. The second-order valence-corrected chi connectivity index (χ2v) is 9.98. The van der Waals surface area contributed by atoms with Gasteiger partial charge in [0.05, 0.1) is 0 Å². The maximum absolute atomic E-state index is 13.3. The summed E-state index contributed by atoms with van der Waals surface area (Å²) in [6, 6.07) is 16.4. The summed E-state index contributed by atoms with van der Waals surface area (Å²) in [5, 5.41) is 10.3. The van der Waals surface area contributed by atoms with Crippen molar-refractivity contribution in [1.82, 2.24) is 4.90 Å². The van der Waals surface area contributed by atoms with Crippen molar-refractivity contribution in [1.29, 1.82) is 0 Å². The van der Waals surface area contributed by atoms with Gasteiger partial charge in [0.2, 0.25) is 0 Å². The summed E-state index contributed by atoms with van der Waals surface area (Å²) in [6.45, 7) is 6.70. The minimum Gasteiger partial charge on any atom is -0.479 e. The fourth-order valence-electron chi connectivity index (χ4n) is 6.07. The monoisotopic (exact) mass is 449 g/mol. The van der Waals surface area contributed by atoms with E-state index in [0.29, 0.717) is 31.2 Å². The number of carboxylic acid groups (broad SMARTS) is 1. The number of hydrogen-bond donors (Lipinski definition) is 1. The third-order valence-corrected chi connectivity index (χ3v) is 7.42. The van der Waals surface area contributed by atoms with Crippen LogP contribution in [0.25, 0.3) is 11.1 Å². The van der Waals surface area contributed by atoms with Gasteiger partial charge in [-0.15, -0.1) is 0 Å². The Balaban J connectivity index is 1.54. The molecule has 2 unspecified atom stereocenters. The van der Waals surface area contributed by atoms with Crippen LogP contribution in [-0.2, 0) is 9.53 Å². The molecule has 2 aliphatic rings. The summed E-state index contributed by atoms with van der Waals surface area (Å²) in [4.78, 5) is 27.4. The van der Waals surface area contributed by atoms with Gasteiger partial charge in [-0.05, 0) is 60.3 Å². The molecule has 0 heterocycles. The number of likely N-dealkylation sites (N-methyl/N-ethyl adjacent to an activating group) is 1. The molecular formula is C28H35NO4. The summed E-state index contributed by atoms with van der Waals surface area (Å²) in [5.41, 5.74) is 3.46. The van der Waals surface area contributed by atoms with Crippen molar-refractivity contribution >= 4 is 12.1 Å². The predicted octanol–water partition coefficient (Wildman–Crippen LogP) is 6.32. The Hall–Kier alpha value is -2.82. The molecule has 0 saturated heterocycles. The first-order valence-corrected chi connectivity index (χ1v) is 12.2. The summed E-state index contributed by atoms with van der Waals surface area (Å²) >= 11 is 0. The highest BCUT2D eigenvalue weighted by atomic mass is 16.6. The van der Waals surface area contributed by atoms with E-state index in [1.54, 1.807) is 0 Å². The van der Waals surface area contributed by atoms with Gasteiger partial charge in [-0.3, -0.25) is 4.90 Å². The number of carbonyl (C=O) groups excluding carboxylic acids is 1. The van der Waals surface area contributed by atoms with Crippen LogP contribution in [0.1, 0.15) is 69.9 Å². The molecule has 2 atom stereocenters. The van der Waals surface area contributed by atoms with Crippen LogP contribution in [0.4, 0.5) is 4.79 Å². The van der Waals surface area contributed by atoms with Gasteiger partial charge in [0, 0.05) is 12.5 Å². The summed E-state index contributed by atoms with van der Waals surface area (Å²) in [6.07, 6.45) is 3.28. The smallest absolute Gasteiger partial charge is 0.410 e. The van der Waals surface area contributed by atoms with Crippen molar-refractivity contribution in [2.24, 2.45) is 11.8 Å². The Morgan fingerprint density at radius 2 is 1.70 bits per heavy atom. The molecule has 2 aliphatic carbocycles. The quantitative estimate of drug-likeness (QED) is 0.537. The van der Waals surface area contributed by atoms with Crippen LogP contribution in [0.15, 0.2) is 48.5 Å². The van der Waals surface area contributed by atoms with E-state index in [1.807, 2.05) is 31.2 Å². The topological polar surface area (TPSA) is 66.8 Å². The highest BCUT2D eigenvalue weighted by molar-refractivity contribution is 5.85. The molecule has 5 heteroatoms. The zero-order valence-corrected chi connectivity index (χ0v) is 19.9. The van der Waals surface area contributed by atoms with Gasteiger partial charge in [-0.25, -0.2) is 9.59 Å². The Morgan fingerprint density at radius 1 is 1.09 bits per heavy atom. The third kappa shape index (κ3) is 4.38. The standard InChI is InChI=1S/C28H35NO4/c1-4-29(28(26(30)31)15-9-10-20(17-28)16-19(2)3)27(32)33-18-25-23-13-7-5-11-21(23)22-12-6-8-14-24(22)25/h5-8,11-14,19-20,25H,4,9-10,15-18H2,1-3H3,(H,30,31). The van der Waals surface area contributed by atoms with Crippen molar-refractivity contribution < 1.29 is 19.4 Å². The minimum absolute atomic E-state index is 0.0409. The zero-order chi connectivity index (χ0) is 23.6. The van der Waals surface area contributed by atoms with Gasteiger partial charge in [-0.2, -0.15) is 0 Å². The lowest BCUT2D eigenvalue weighted by molar-refractivity contribution is -0.154. The number of benzene rings is 2. The fraction of sp³-hybridized carbons (Fsp3) is 0.500. The third-order valence-electron chi connectivity index (χ3n) is 7.42. The Labute approximate surface area is 196 Å². The lowest BCUT2D eigenvalue weighted by Crippen LogP contribution is -2.59. The van der Waals surface area contributed by atoms with Crippen molar-refractivity contribution in [2.75, 3.05) is 13.2 Å². The molecule has 1 N–H and O–H groups in total. The molecule has 0 spiro atoms. The Morgan fingerprint density at radius 3 is 2.24 bits per heavy atom. The van der Waals surface area contributed by atoms with Crippen LogP contribution in [0, 0.1) is 11.8 Å². The zero-order valence-electron chi connectivity index (χ0n) is 19.9. The maximum atomic E-state index is 13.3. The van der Waals surface area contributed by atoms with Gasteiger partial charge < -0.3 is 9.84 Å². The van der Waals surface area contributed by atoms with E-state index in [2.05, 4.69) is 38.1 Å². The SMILES string of the molecule is CCN(C(=O)OCC1c2ccccc2-c2ccccc21)C1(C(=O)O)CCCC(CC(C)C)C1. The number of carbonyl (C=O) groups is 2. The van der Waals surface area contributed by atoms with Crippen molar-refractivity contribution in [3.8, 4) is 11.1 Å². The maximum Gasteiger partial charge on any atom is 0.410 e. The molecule has 33 heavy (non-hydrogen) atoms. The minimum atomic E-state index is -1.19. The van der Waals surface area contributed by atoms with Crippen molar-refractivity contribution in [2.45, 2.75) is 64.3 Å². The highest BCUT2D eigenvalue weighted by Gasteiger charge is 2.50. The number of ether oxygens (including phenoxy) is 1. The van der Waals surface area contributed by atoms with Crippen LogP contribution in [0.3, 0.4) is 0 Å². The van der Waals surface area contributed by atoms with Crippen molar-refractivity contribution in [3.63, 3.8) is 0 Å². The molecule has 0 aromatic heterocycles. The number of carboxylic acids is 1. The first-order chi connectivity index (χ1) is 15.9. The summed E-state index contributed by atoms with van der Waals surface area (Å²) in [7, 11) is 0. The summed E-state index contributed by atoms with van der Waals surface area (Å²) in [5.74, 6) is -0.137. The first kappa shape index (κ1) is 23.3. The largest absolute Gasteiger partial charge is 0.479 e. The van der Waals surface area contributed by atoms with Crippen molar-refractivity contribution in [3.05, 3.63) is 59.7 Å². The number of aliphatic carboxylic acids is 1. The van der Waals surface area contributed by atoms with Crippen LogP contribution < -0.4 is 0 Å². The van der Waals surface area contributed by atoms with Gasteiger partial charge in [0.15, 0.2) is 0 Å². The number of nitrogens with zero attached hydrogens (tertiary/aromatic N) is 1. The van der Waals surface area contributed by atoms with Gasteiger partial charge in [-0.1, -0.05) is 75.2 Å². The van der Waals surface area contributed by atoms with Crippen LogP contribution in [-0.4, -0.2) is 40.8 Å². The van der Waals surface area contributed by atoms with Gasteiger partial charge in [0.25, 0.3) is 0 Å². The molecule has 1 saturated carbocycles. The van der Waals surface area contributed by atoms with Gasteiger partial charge in [0.1, 0.15) is 12.1 Å². The molecule has 1 amide bonds. The number of hydrogen-bond acceptors (Lipinski definition) is 3. The van der Waals surface area contributed by atoms with E-state index < -0.39 is 17.6 Å². The van der Waals surface area contributed by atoms with Crippen LogP contribution in [0.5, 0.6) is 0 Å². The molecule has 0 radical (unpaired) electrons. The number of amides is 1. The van der Waals surface area contributed by atoms with E-state index in [4.69, 9.17) is 4.74 Å². The van der Waals surface area contributed by atoms with E-state index in [-0.39, 0.29) is 12.5 Å². The normalized spacial score (nSPS) is 22.0. The van der Waals surface area contributed by atoms with E-state index >= 15 is 0 Å². The lowest BCUT2D eigenvalue weighted by Gasteiger charge is -2.45. The molecule has 5 nitrogen and oxygen atoms in total. The average molecular weight is 450 g/mol. The first-order valence-electron chi connectivity index (χ1n) is 12.2. The second kappa shape index (κ2) is 9.58. The average Bonchev–Trinajstić information content (AvgIpc) is 3.11. The molecule has 176 valence electrons. The van der Waals surface area contributed by atoms with E-state index in [9.17, 15) is 14.7 Å². The molecule has 0 bridgehead atoms. The molecule has 1 fully saturated rings. The summed E-state index contributed by atoms with van der Waals surface area (Å²) < 4.78 is 5.86. The predicted molar refractivity (Wildman–Crippen MR) is 129 cm³/mol. The number of rotatable bonds is 7. The molecular weight excluding hydrogens is 414 g/mol. The number of fused-ring (bicyclic) bond motifs is 3. The Bertz CT molecular complexity index is 971. The van der Waals surface area contributed by atoms with E-state index in [1.165, 1.54) is 16.0 Å². The molecule has 2 aromatic carbocycles. The second-order valence-electron chi connectivity index (χ2n) is 9.98. The van der Waals surface area contributed by atoms with Gasteiger partial charge >= 0.3 is 12.1 Å². The molecule has 2 aromatic rings. The highest BCUT2D eigenvalue weighted by Crippen LogP contribution is 2.45.